The van der Waals surface area contributed by atoms with E-state index < -0.39 is 0 Å². The molecule has 0 bridgehead atoms. The lowest BCUT2D eigenvalue weighted by Gasteiger charge is -2.34. The van der Waals surface area contributed by atoms with E-state index in [0.717, 1.165) is 16.9 Å². The first kappa shape index (κ1) is 11.0. The fourth-order valence-corrected chi connectivity index (χ4v) is 2.11. The molecule has 1 heterocycles. The summed E-state index contributed by atoms with van der Waals surface area (Å²) in [5.41, 5.74) is 8.69. The number of rotatable bonds is 2. The van der Waals surface area contributed by atoms with Gasteiger partial charge in [-0.1, -0.05) is 12.1 Å². The van der Waals surface area contributed by atoms with Crippen LogP contribution in [0.1, 0.15) is 19.4 Å². The molecule has 16 heavy (non-hydrogen) atoms. The third-order valence-electron chi connectivity index (χ3n) is 2.95. The van der Waals surface area contributed by atoms with E-state index >= 15 is 0 Å². The SMILES string of the molecule is CCN1C(=O)C(C)Nc2c(CN)cccc21. The average Bonchev–Trinajstić information content (AvgIpc) is 2.30. The number of hydrogen-bond acceptors (Lipinski definition) is 3. The summed E-state index contributed by atoms with van der Waals surface area (Å²) in [6, 6.07) is 5.70. The lowest BCUT2D eigenvalue weighted by atomic mass is 10.1. The highest BCUT2D eigenvalue weighted by molar-refractivity contribution is 6.05. The normalized spacial score (nSPS) is 19.3. The number of para-hydroxylation sites is 1. The van der Waals surface area contributed by atoms with Crippen LogP contribution in [0.5, 0.6) is 0 Å². The van der Waals surface area contributed by atoms with E-state index in [2.05, 4.69) is 5.32 Å². The molecule has 1 aliphatic heterocycles. The first-order valence-electron chi connectivity index (χ1n) is 5.59. The molecule has 1 atom stereocenters. The summed E-state index contributed by atoms with van der Waals surface area (Å²) in [5, 5.41) is 3.22. The molecule has 0 saturated carbocycles. The summed E-state index contributed by atoms with van der Waals surface area (Å²) in [6.07, 6.45) is 0. The molecule has 1 aromatic carbocycles. The van der Waals surface area contributed by atoms with Crippen LogP contribution < -0.4 is 16.0 Å². The van der Waals surface area contributed by atoms with Crippen molar-refractivity contribution in [1.82, 2.24) is 0 Å². The highest BCUT2D eigenvalue weighted by atomic mass is 16.2. The van der Waals surface area contributed by atoms with E-state index in [1.165, 1.54) is 0 Å². The largest absolute Gasteiger partial charge is 0.372 e. The summed E-state index contributed by atoms with van der Waals surface area (Å²) in [6.45, 7) is 5.02. The van der Waals surface area contributed by atoms with E-state index in [1.807, 2.05) is 32.0 Å². The maximum Gasteiger partial charge on any atom is 0.249 e. The molecule has 1 aromatic rings. The van der Waals surface area contributed by atoms with Crippen LogP contribution in [0, 0.1) is 0 Å². The van der Waals surface area contributed by atoms with Crippen molar-refractivity contribution in [1.29, 1.82) is 0 Å². The molecule has 1 aliphatic rings. The van der Waals surface area contributed by atoms with Gasteiger partial charge in [-0.2, -0.15) is 0 Å². The number of amides is 1. The van der Waals surface area contributed by atoms with Crippen LogP contribution in [0.3, 0.4) is 0 Å². The van der Waals surface area contributed by atoms with Crippen molar-refractivity contribution in [2.24, 2.45) is 5.73 Å². The lowest BCUT2D eigenvalue weighted by Crippen LogP contribution is -2.45. The van der Waals surface area contributed by atoms with Gasteiger partial charge in [0, 0.05) is 13.1 Å². The summed E-state index contributed by atoms with van der Waals surface area (Å²) >= 11 is 0. The van der Waals surface area contributed by atoms with E-state index in [9.17, 15) is 4.79 Å². The molecule has 4 nitrogen and oxygen atoms in total. The van der Waals surface area contributed by atoms with Crippen molar-refractivity contribution < 1.29 is 4.79 Å². The van der Waals surface area contributed by atoms with Gasteiger partial charge in [-0.25, -0.2) is 0 Å². The molecule has 1 unspecified atom stereocenters. The number of nitrogens with two attached hydrogens (primary N) is 1. The number of nitrogens with zero attached hydrogens (tertiary/aromatic N) is 1. The molecular weight excluding hydrogens is 202 g/mol. The second-order valence-corrected chi connectivity index (χ2v) is 3.96. The fraction of sp³-hybridized carbons (Fsp3) is 0.417. The van der Waals surface area contributed by atoms with E-state index in [4.69, 9.17) is 5.73 Å². The van der Waals surface area contributed by atoms with Gasteiger partial charge in [-0.05, 0) is 25.5 Å². The number of likely N-dealkylation sites (N-methyl/N-ethyl adjacent to an activating group) is 1. The van der Waals surface area contributed by atoms with E-state index in [0.29, 0.717) is 13.1 Å². The Morgan fingerprint density at radius 3 is 2.88 bits per heavy atom. The quantitative estimate of drug-likeness (QED) is 0.788. The molecule has 86 valence electrons. The second kappa shape index (κ2) is 4.14. The lowest BCUT2D eigenvalue weighted by molar-refractivity contribution is -0.119. The van der Waals surface area contributed by atoms with Crippen LogP contribution >= 0.6 is 0 Å². The number of hydrogen-bond donors (Lipinski definition) is 2. The van der Waals surface area contributed by atoms with Crippen molar-refractivity contribution >= 4 is 17.3 Å². The third-order valence-corrected chi connectivity index (χ3v) is 2.95. The molecule has 0 saturated heterocycles. The molecule has 1 amide bonds. The van der Waals surface area contributed by atoms with Crippen molar-refractivity contribution in [2.75, 3.05) is 16.8 Å². The number of carbonyl (C=O) groups excluding carboxylic acids is 1. The van der Waals surface area contributed by atoms with E-state index in [1.54, 1.807) is 4.90 Å². The standard InChI is InChI=1S/C12H17N3O/c1-3-15-10-6-4-5-9(7-13)11(10)14-8(2)12(15)16/h4-6,8,14H,3,7,13H2,1-2H3. The van der Waals surface area contributed by atoms with Crippen molar-refractivity contribution in [3.8, 4) is 0 Å². The number of fused-ring (bicyclic) bond motifs is 1. The Hall–Kier alpha value is -1.55. The fourth-order valence-electron chi connectivity index (χ4n) is 2.11. The minimum absolute atomic E-state index is 0.115. The molecule has 0 aromatic heterocycles. The second-order valence-electron chi connectivity index (χ2n) is 3.96. The summed E-state index contributed by atoms with van der Waals surface area (Å²) in [5.74, 6) is 0.115. The highest BCUT2D eigenvalue weighted by Crippen LogP contribution is 2.34. The predicted molar refractivity (Wildman–Crippen MR) is 65.4 cm³/mol. The molecule has 4 heteroatoms. The summed E-state index contributed by atoms with van der Waals surface area (Å²) in [4.78, 5) is 13.8. The first-order valence-corrected chi connectivity index (χ1v) is 5.59. The van der Waals surface area contributed by atoms with Crippen molar-refractivity contribution in [2.45, 2.75) is 26.4 Å². The molecule has 2 rings (SSSR count). The average molecular weight is 219 g/mol. The van der Waals surface area contributed by atoms with Gasteiger partial charge in [0.2, 0.25) is 5.91 Å². The number of benzene rings is 1. The molecule has 0 fully saturated rings. The Balaban J connectivity index is 2.53. The van der Waals surface area contributed by atoms with Crippen LogP contribution in [-0.2, 0) is 11.3 Å². The Morgan fingerprint density at radius 1 is 1.50 bits per heavy atom. The van der Waals surface area contributed by atoms with Crippen LogP contribution in [-0.4, -0.2) is 18.5 Å². The van der Waals surface area contributed by atoms with Gasteiger partial charge >= 0.3 is 0 Å². The Labute approximate surface area is 95.4 Å². The van der Waals surface area contributed by atoms with Crippen LogP contribution in [0.4, 0.5) is 11.4 Å². The zero-order valence-corrected chi connectivity index (χ0v) is 9.66. The van der Waals surface area contributed by atoms with E-state index in [-0.39, 0.29) is 11.9 Å². The zero-order chi connectivity index (χ0) is 11.7. The van der Waals surface area contributed by atoms with Crippen LogP contribution in [0.25, 0.3) is 0 Å². The van der Waals surface area contributed by atoms with Gasteiger partial charge in [-0.3, -0.25) is 4.79 Å². The first-order chi connectivity index (χ1) is 7.69. The van der Waals surface area contributed by atoms with Gasteiger partial charge in [-0.15, -0.1) is 0 Å². The molecule has 0 spiro atoms. The number of nitrogens with one attached hydrogen (secondary N) is 1. The van der Waals surface area contributed by atoms with Crippen LogP contribution in [0.15, 0.2) is 18.2 Å². The Kier molecular flexibility index (Phi) is 2.83. The maximum atomic E-state index is 12.0. The van der Waals surface area contributed by atoms with Crippen molar-refractivity contribution in [3.05, 3.63) is 23.8 Å². The number of anilines is 2. The zero-order valence-electron chi connectivity index (χ0n) is 9.66. The van der Waals surface area contributed by atoms with Gasteiger partial charge in [0.1, 0.15) is 6.04 Å². The van der Waals surface area contributed by atoms with Crippen LogP contribution in [0.2, 0.25) is 0 Å². The molecule has 0 aliphatic carbocycles. The van der Waals surface area contributed by atoms with Gasteiger partial charge in [0.15, 0.2) is 0 Å². The summed E-state index contributed by atoms with van der Waals surface area (Å²) in [7, 11) is 0. The minimum atomic E-state index is -0.180. The Morgan fingerprint density at radius 2 is 2.25 bits per heavy atom. The maximum absolute atomic E-state index is 12.0. The molecule has 3 N–H and O–H groups in total. The topological polar surface area (TPSA) is 58.4 Å². The Bertz CT molecular complexity index is 417. The highest BCUT2D eigenvalue weighted by Gasteiger charge is 2.29. The summed E-state index contributed by atoms with van der Waals surface area (Å²) < 4.78 is 0. The monoisotopic (exact) mass is 219 g/mol. The third kappa shape index (κ3) is 1.55. The smallest absolute Gasteiger partial charge is 0.249 e. The molecule has 0 radical (unpaired) electrons. The van der Waals surface area contributed by atoms with Crippen molar-refractivity contribution in [3.63, 3.8) is 0 Å². The van der Waals surface area contributed by atoms with Gasteiger partial charge < -0.3 is 16.0 Å². The minimum Gasteiger partial charge on any atom is -0.372 e. The number of carbonyl (C=O) groups is 1. The molecular formula is C12H17N3O. The predicted octanol–water partition coefficient (Wildman–Crippen LogP) is 1.31. The van der Waals surface area contributed by atoms with Gasteiger partial charge in [0.05, 0.1) is 11.4 Å². The van der Waals surface area contributed by atoms with Gasteiger partial charge in [0.25, 0.3) is 0 Å².